The van der Waals surface area contributed by atoms with E-state index in [2.05, 4.69) is 15.3 Å². The summed E-state index contributed by atoms with van der Waals surface area (Å²) in [5, 5.41) is 2.23. The van der Waals surface area contributed by atoms with Crippen molar-refractivity contribution in [1.82, 2.24) is 14.4 Å². The molecule has 0 aliphatic carbocycles. The molecule has 0 aliphatic heterocycles. The highest BCUT2D eigenvalue weighted by Crippen LogP contribution is 2.27. The number of hydroxylamine groups is 1. The summed E-state index contributed by atoms with van der Waals surface area (Å²) in [5.74, 6) is 0.393. The van der Waals surface area contributed by atoms with Gasteiger partial charge in [0.05, 0.1) is 26.9 Å². The molecule has 146 valence electrons. The number of hydrogen-bond donors (Lipinski definition) is 2. The van der Waals surface area contributed by atoms with Gasteiger partial charge in [-0.05, 0) is 23.5 Å². The van der Waals surface area contributed by atoms with E-state index in [0.717, 1.165) is 0 Å². The van der Waals surface area contributed by atoms with Crippen LogP contribution in [0.4, 0.5) is 10.7 Å². The van der Waals surface area contributed by atoms with Gasteiger partial charge < -0.3 is 19.0 Å². The van der Waals surface area contributed by atoms with Crippen LogP contribution in [-0.2, 0) is 11.3 Å². The average Bonchev–Trinajstić information content (AvgIpc) is 2.66. The van der Waals surface area contributed by atoms with E-state index < -0.39 is 17.3 Å². The number of para-hydroxylation sites is 2. The van der Waals surface area contributed by atoms with E-state index in [1.54, 1.807) is 25.1 Å². The molecule has 2 rings (SSSR count). The van der Waals surface area contributed by atoms with Crippen molar-refractivity contribution in [3.8, 4) is 23.3 Å². The van der Waals surface area contributed by atoms with E-state index in [0.29, 0.717) is 12.4 Å². The Morgan fingerprint density at radius 1 is 1.19 bits per heavy atom. The van der Waals surface area contributed by atoms with Crippen LogP contribution in [0.15, 0.2) is 30.3 Å². The molecule has 0 saturated heterocycles. The molecule has 2 amide bonds. The number of ether oxygens (including phenoxy) is 3. The quantitative estimate of drug-likeness (QED) is 0.505. The second-order valence-corrected chi connectivity index (χ2v) is 5.46. The number of urea groups is 1. The van der Waals surface area contributed by atoms with Crippen LogP contribution in [0.3, 0.4) is 0 Å². The fraction of sp³-hybridized carbons (Fsp3) is 0.267. The Kier molecular flexibility index (Phi) is 7.14. The lowest BCUT2D eigenvalue weighted by Crippen LogP contribution is -2.39. The maximum absolute atomic E-state index is 12.4. The Hall–Kier alpha value is -3.12. The number of rotatable bonds is 8. The number of nitrogens with one attached hydrogen (secondary N) is 1. The van der Waals surface area contributed by atoms with Gasteiger partial charge in [-0.1, -0.05) is 12.1 Å². The van der Waals surface area contributed by atoms with Gasteiger partial charge in [-0.2, -0.15) is 9.97 Å². The molecular weight excluding hydrogens is 380 g/mol. The summed E-state index contributed by atoms with van der Waals surface area (Å²) in [7, 11) is 2.74. The minimum atomic E-state index is -2.81. The standard InChI is InChI=1S/C15H18N4O7S/c1-4-25-10-7-5-6-8-11(10)26-19(27(21)22)15(20)18-14-16-12(23-2)9-13(17-14)24-3/h5-9H,4H2,1-3H3,(H,21,22)(H,16,17,18,20). The Labute approximate surface area is 157 Å². The van der Waals surface area contributed by atoms with Crippen molar-refractivity contribution in [2.75, 3.05) is 26.1 Å². The molecule has 2 N–H and O–H groups in total. The minimum Gasteiger partial charge on any atom is -0.490 e. The van der Waals surface area contributed by atoms with Gasteiger partial charge in [0, 0.05) is 0 Å². The van der Waals surface area contributed by atoms with Crippen molar-refractivity contribution in [2.24, 2.45) is 0 Å². The summed E-state index contributed by atoms with van der Waals surface area (Å²) in [4.78, 5) is 25.4. The Morgan fingerprint density at radius 3 is 2.30 bits per heavy atom. The maximum Gasteiger partial charge on any atom is 0.372 e. The predicted molar refractivity (Wildman–Crippen MR) is 95.0 cm³/mol. The smallest absolute Gasteiger partial charge is 0.372 e. The van der Waals surface area contributed by atoms with Gasteiger partial charge in [-0.3, -0.25) is 9.87 Å². The molecule has 1 unspecified atom stereocenters. The zero-order chi connectivity index (χ0) is 19.8. The van der Waals surface area contributed by atoms with Crippen LogP contribution in [0.2, 0.25) is 0 Å². The molecule has 11 nitrogen and oxygen atoms in total. The summed E-state index contributed by atoms with van der Waals surface area (Å²) in [6.07, 6.45) is 0. The molecule has 1 aromatic heterocycles. The van der Waals surface area contributed by atoms with Crippen molar-refractivity contribution in [1.29, 1.82) is 0 Å². The highest BCUT2D eigenvalue weighted by Gasteiger charge is 2.25. The minimum absolute atomic E-state index is 0.0704. The highest BCUT2D eigenvalue weighted by atomic mass is 32.2. The molecule has 1 aromatic carbocycles. The molecule has 0 bridgehead atoms. The SMILES string of the molecule is CCOc1ccccc1ON(C(=O)Nc1nc(OC)cc(OC)n1)S(=O)O. The van der Waals surface area contributed by atoms with Crippen LogP contribution in [0.25, 0.3) is 0 Å². The molecule has 0 spiro atoms. The number of hydrogen-bond acceptors (Lipinski definition) is 8. The van der Waals surface area contributed by atoms with E-state index in [-0.39, 0.29) is 27.9 Å². The van der Waals surface area contributed by atoms with Crippen LogP contribution in [-0.4, -0.2) is 50.1 Å². The summed E-state index contributed by atoms with van der Waals surface area (Å²) in [6.45, 7) is 2.10. The molecule has 1 atom stereocenters. The number of benzene rings is 1. The largest absolute Gasteiger partial charge is 0.490 e. The lowest BCUT2D eigenvalue weighted by Gasteiger charge is -2.19. The van der Waals surface area contributed by atoms with Crippen molar-refractivity contribution in [3.05, 3.63) is 30.3 Å². The van der Waals surface area contributed by atoms with E-state index in [9.17, 15) is 13.6 Å². The first-order valence-electron chi connectivity index (χ1n) is 7.57. The zero-order valence-corrected chi connectivity index (χ0v) is 15.6. The number of methoxy groups -OCH3 is 2. The van der Waals surface area contributed by atoms with Crippen molar-refractivity contribution < 1.29 is 32.6 Å². The van der Waals surface area contributed by atoms with E-state index >= 15 is 0 Å². The third-order valence-electron chi connectivity index (χ3n) is 2.95. The second kappa shape index (κ2) is 9.54. The van der Waals surface area contributed by atoms with Gasteiger partial charge in [-0.25, -0.2) is 9.00 Å². The molecule has 0 aliphatic rings. The first-order chi connectivity index (χ1) is 13.0. The zero-order valence-electron chi connectivity index (χ0n) is 14.7. The molecule has 12 heteroatoms. The van der Waals surface area contributed by atoms with Crippen LogP contribution >= 0.6 is 0 Å². The Bertz CT molecular complexity index is 798. The average molecular weight is 398 g/mol. The highest BCUT2D eigenvalue weighted by molar-refractivity contribution is 7.77. The van der Waals surface area contributed by atoms with Crippen LogP contribution in [0.5, 0.6) is 23.3 Å². The maximum atomic E-state index is 12.4. The van der Waals surface area contributed by atoms with Crippen molar-refractivity contribution in [3.63, 3.8) is 0 Å². The van der Waals surface area contributed by atoms with Gasteiger partial charge in [0.15, 0.2) is 11.5 Å². The van der Waals surface area contributed by atoms with Crippen LogP contribution in [0, 0.1) is 0 Å². The van der Waals surface area contributed by atoms with Crippen LogP contribution in [0.1, 0.15) is 6.92 Å². The lowest BCUT2D eigenvalue weighted by atomic mass is 10.3. The number of amides is 2. The van der Waals surface area contributed by atoms with E-state index in [4.69, 9.17) is 19.0 Å². The van der Waals surface area contributed by atoms with Crippen molar-refractivity contribution in [2.45, 2.75) is 6.92 Å². The van der Waals surface area contributed by atoms with Crippen molar-refractivity contribution >= 4 is 23.2 Å². The first kappa shape index (κ1) is 20.2. The predicted octanol–water partition coefficient (Wildman–Crippen LogP) is 1.86. The number of nitrogens with zero attached hydrogens (tertiary/aromatic N) is 3. The van der Waals surface area contributed by atoms with Gasteiger partial charge in [0.2, 0.25) is 17.7 Å². The fourth-order valence-electron chi connectivity index (χ4n) is 1.84. The monoisotopic (exact) mass is 398 g/mol. The van der Waals surface area contributed by atoms with Gasteiger partial charge in [0.25, 0.3) is 0 Å². The summed E-state index contributed by atoms with van der Waals surface area (Å²) in [5.41, 5.74) is 0. The summed E-state index contributed by atoms with van der Waals surface area (Å²) >= 11 is -2.81. The Morgan fingerprint density at radius 2 is 1.78 bits per heavy atom. The molecule has 0 radical (unpaired) electrons. The van der Waals surface area contributed by atoms with E-state index in [1.165, 1.54) is 26.4 Å². The number of anilines is 1. The molecule has 1 heterocycles. The first-order valence-corrected chi connectivity index (χ1v) is 8.63. The summed E-state index contributed by atoms with van der Waals surface area (Å²) in [6, 6.07) is 6.66. The lowest BCUT2D eigenvalue weighted by molar-refractivity contribution is 0.0707. The van der Waals surface area contributed by atoms with Crippen LogP contribution < -0.4 is 24.4 Å². The number of aromatic nitrogens is 2. The summed E-state index contributed by atoms with van der Waals surface area (Å²) < 4.78 is 36.5. The third kappa shape index (κ3) is 5.43. The van der Waals surface area contributed by atoms with Gasteiger partial charge in [-0.15, -0.1) is 0 Å². The number of carbonyl (C=O) groups excluding carboxylic acids is 1. The topological polar surface area (TPSA) is 132 Å². The fourth-order valence-corrected chi connectivity index (χ4v) is 2.18. The molecular formula is C15H18N4O7S. The van der Waals surface area contributed by atoms with Gasteiger partial charge in [0.1, 0.15) is 0 Å². The van der Waals surface area contributed by atoms with E-state index in [1.807, 2.05) is 0 Å². The molecule has 2 aromatic rings. The number of carbonyl (C=O) groups is 1. The second-order valence-electron chi connectivity index (χ2n) is 4.67. The molecule has 0 saturated carbocycles. The molecule has 27 heavy (non-hydrogen) atoms. The third-order valence-corrected chi connectivity index (χ3v) is 3.48. The Balaban J connectivity index is 2.22. The normalized spacial score (nSPS) is 11.3. The van der Waals surface area contributed by atoms with Gasteiger partial charge >= 0.3 is 17.3 Å². The molecule has 0 fully saturated rings.